The van der Waals surface area contributed by atoms with Crippen LogP contribution in [0.25, 0.3) is 0 Å². The molecule has 146 valence electrons. The molecule has 0 bridgehead atoms. The number of carbonyl (C=O) groups excluding carboxylic acids is 2. The zero-order valence-corrected chi connectivity index (χ0v) is 15.9. The van der Waals surface area contributed by atoms with Gasteiger partial charge in [0.25, 0.3) is 5.91 Å². The fourth-order valence-electron chi connectivity index (χ4n) is 3.91. The standard InChI is InChI=1S/C19H23ClN2O5/c1-11(23)21-13-2-3-16(20)15(10-13)18(24)22-7-4-12(5-8-22)17-14(19(25)26)6-9-27-17/h2-3,10,12,14,17H,4-9H2,1H3,(H,21,23)(H,25,26)/t14?,17-/m0/s1. The van der Waals surface area contributed by atoms with Crippen molar-refractivity contribution in [2.75, 3.05) is 25.0 Å². The third-order valence-corrected chi connectivity index (χ3v) is 5.59. The first kappa shape index (κ1) is 19.6. The molecule has 1 unspecified atom stereocenters. The molecule has 27 heavy (non-hydrogen) atoms. The number of carboxylic acid groups (broad SMARTS) is 1. The predicted molar refractivity (Wildman–Crippen MR) is 99.9 cm³/mol. The zero-order valence-electron chi connectivity index (χ0n) is 15.1. The SMILES string of the molecule is CC(=O)Nc1ccc(Cl)c(C(=O)N2CCC([C@@H]3OCCC3C(=O)O)CC2)c1. The summed E-state index contributed by atoms with van der Waals surface area (Å²) in [5, 5.41) is 12.3. The van der Waals surface area contributed by atoms with Crippen LogP contribution in [0.3, 0.4) is 0 Å². The number of piperidine rings is 1. The Hall–Kier alpha value is -2.12. The molecule has 8 heteroatoms. The molecule has 2 aliphatic heterocycles. The maximum atomic E-state index is 12.9. The molecule has 0 saturated carbocycles. The second-order valence-electron chi connectivity index (χ2n) is 7.07. The minimum absolute atomic E-state index is 0.138. The number of rotatable bonds is 4. The van der Waals surface area contributed by atoms with Crippen LogP contribution < -0.4 is 5.32 Å². The van der Waals surface area contributed by atoms with Gasteiger partial charge in [-0.25, -0.2) is 0 Å². The van der Waals surface area contributed by atoms with E-state index in [-0.39, 0.29) is 23.8 Å². The summed E-state index contributed by atoms with van der Waals surface area (Å²) >= 11 is 6.19. The molecule has 2 amide bonds. The second-order valence-corrected chi connectivity index (χ2v) is 7.48. The van der Waals surface area contributed by atoms with Crippen molar-refractivity contribution in [2.24, 2.45) is 11.8 Å². The molecule has 0 aliphatic carbocycles. The number of anilines is 1. The Morgan fingerprint density at radius 1 is 1.22 bits per heavy atom. The van der Waals surface area contributed by atoms with Crippen LogP contribution in [0.15, 0.2) is 18.2 Å². The molecule has 7 nitrogen and oxygen atoms in total. The minimum Gasteiger partial charge on any atom is -0.481 e. The highest BCUT2D eigenvalue weighted by atomic mass is 35.5. The minimum atomic E-state index is -0.808. The summed E-state index contributed by atoms with van der Waals surface area (Å²) in [6.45, 7) is 2.93. The first-order valence-electron chi connectivity index (χ1n) is 9.07. The fraction of sp³-hybridized carbons (Fsp3) is 0.526. The largest absolute Gasteiger partial charge is 0.481 e. The van der Waals surface area contributed by atoms with Gasteiger partial charge < -0.3 is 20.1 Å². The summed E-state index contributed by atoms with van der Waals surface area (Å²) in [5.74, 6) is -1.54. The maximum absolute atomic E-state index is 12.9. The molecule has 2 fully saturated rings. The van der Waals surface area contributed by atoms with E-state index < -0.39 is 11.9 Å². The normalized spacial score (nSPS) is 23.3. The van der Waals surface area contributed by atoms with Gasteiger partial charge in [0.05, 0.1) is 22.6 Å². The first-order chi connectivity index (χ1) is 12.9. The molecule has 0 aromatic heterocycles. The van der Waals surface area contributed by atoms with Crippen molar-refractivity contribution in [3.8, 4) is 0 Å². The lowest BCUT2D eigenvalue weighted by Crippen LogP contribution is -2.43. The molecule has 2 heterocycles. The highest BCUT2D eigenvalue weighted by molar-refractivity contribution is 6.34. The van der Waals surface area contributed by atoms with Crippen LogP contribution in [0.1, 0.15) is 36.5 Å². The van der Waals surface area contributed by atoms with Gasteiger partial charge in [-0.15, -0.1) is 0 Å². The molecule has 0 spiro atoms. The van der Waals surface area contributed by atoms with Crippen LogP contribution in [-0.4, -0.2) is 53.6 Å². The van der Waals surface area contributed by atoms with E-state index in [9.17, 15) is 19.5 Å². The number of benzene rings is 1. The van der Waals surface area contributed by atoms with E-state index in [2.05, 4.69) is 5.32 Å². The number of ether oxygens (including phenoxy) is 1. The van der Waals surface area contributed by atoms with Crippen molar-refractivity contribution in [3.05, 3.63) is 28.8 Å². The number of likely N-dealkylation sites (tertiary alicyclic amines) is 1. The lowest BCUT2D eigenvalue weighted by molar-refractivity contribution is -0.145. The molecule has 0 radical (unpaired) electrons. The lowest BCUT2D eigenvalue weighted by atomic mass is 9.84. The van der Waals surface area contributed by atoms with Gasteiger partial charge in [-0.1, -0.05) is 11.6 Å². The predicted octanol–water partition coefficient (Wildman–Crippen LogP) is 2.64. The van der Waals surface area contributed by atoms with Gasteiger partial charge in [0.2, 0.25) is 5.91 Å². The quantitative estimate of drug-likeness (QED) is 0.818. The molecule has 2 aliphatic rings. The number of nitrogens with zero attached hydrogens (tertiary/aromatic N) is 1. The van der Waals surface area contributed by atoms with Crippen LogP contribution in [0, 0.1) is 11.8 Å². The van der Waals surface area contributed by atoms with E-state index >= 15 is 0 Å². The van der Waals surface area contributed by atoms with E-state index in [4.69, 9.17) is 16.3 Å². The smallest absolute Gasteiger partial charge is 0.309 e. The van der Waals surface area contributed by atoms with Crippen LogP contribution in [0.5, 0.6) is 0 Å². The van der Waals surface area contributed by atoms with Crippen molar-refractivity contribution in [1.82, 2.24) is 4.90 Å². The number of nitrogens with one attached hydrogen (secondary N) is 1. The third-order valence-electron chi connectivity index (χ3n) is 5.26. The molecule has 2 saturated heterocycles. The van der Waals surface area contributed by atoms with Gasteiger partial charge in [0.1, 0.15) is 0 Å². The topological polar surface area (TPSA) is 95.9 Å². The summed E-state index contributed by atoms with van der Waals surface area (Å²) in [7, 11) is 0. The van der Waals surface area contributed by atoms with Gasteiger partial charge in [-0.05, 0) is 43.4 Å². The Balaban J connectivity index is 1.65. The fourth-order valence-corrected chi connectivity index (χ4v) is 4.11. The molecule has 1 aromatic rings. The summed E-state index contributed by atoms with van der Waals surface area (Å²) in [4.78, 5) is 37.2. The Kier molecular flexibility index (Phi) is 6.01. The van der Waals surface area contributed by atoms with E-state index in [1.165, 1.54) is 6.92 Å². The summed E-state index contributed by atoms with van der Waals surface area (Å²) < 4.78 is 5.67. The Labute approximate surface area is 162 Å². The summed E-state index contributed by atoms with van der Waals surface area (Å²) in [6.07, 6.45) is 1.67. The number of amides is 2. The molecular weight excluding hydrogens is 372 g/mol. The number of carboxylic acids is 1. The second kappa shape index (κ2) is 8.27. The number of carbonyl (C=O) groups is 3. The Bertz CT molecular complexity index is 746. The molecule has 1 aromatic carbocycles. The van der Waals surface area contributed by atoms with Gasteiger partial charge in [-0.3, -0.25) is 14.4 Å². The van der Waals surface area contributed by atoms with Crippen molar-refractivity contribution in [1.29, 1.82) is 0 Å². The maximum Gasteiger partial charge on any atom is 0.309 e. The average Bonchev–Trinajstić information content (AvgIpc) is 3.12. The highest BCUT2D eigenvalue weighted by Gasteiger charge is 2.40. The zero-order chi connectivity index (χ0) is 19.6. The highest BCUT2D eigenvalue weighted by Crippen LogP contribution is 2.34. The van der Waals surface area contributed by atoms with Crippen molar-refractivity contribution in [3.63, 3.8) is 0 Å². The monoisotopic (exact) mass is 394 g/mol. The Morgan fingerprint density at radius 3 is 2.56 bits per heavy atom. The van der Waals surface area contributed by atoms with Crippen molar-refractivity contribution >= 4 is 35.1 Å². The van der Waals surface area contributed by atoms with Gasteiger partial charge >= 0.3 is 5.97 Å². The molecule has 3 rings (SSSR count). The van der Waals surface area contributed by atoms with E-state index in [0.29, 0.717) is 55.2 Å². The molecular formula is C19H23ClN2O5. The van der Waals surface area contributed by atoms with Gasteiger partial charge in [0, 0.05) is 32.3 Å². The van der Waals surface area contributed by atoms with Gasteiger partial charge in [-0.2, -0.15) is 0 Å². The number of hydrogen-bond donors (Lipinski definition) is 2. The number of aliphatic carboxylic acids is 1. The third kappa shape index (κ3) is 4.42. The summed E-state index contributed by atoms with van der Waals surface area (Å²) in [6, 6.07) is 4.82. The molecule has 2 N–H and O–H groups in total. The van der Waals surface area contributed by atoms with Crippen molar-refractivity contribution < 1.29 is 24.2 Å². The Morgan fingerprint density at radius 2 is 1.93 bits per heavy atom. The first-order valence-corrected chi connectivity index (χ1v) is 9.45. The summed E-state index contributed by atoms with van der Waals surface area (Å²) in [5.41, 5.74) is 0.871. The lowest BCUT2D eigenvalue weighted by Gasteiger charge is -2.35. The van der Waals surface area contributed by atoms with Crippen LogP contribution in [0.2, 0.25) is 5.02 Å². The van der Waals surface area contributed by atoms with Gasteiger partial charge in [0.15, 0.2) is 0 Å². The number of hydrogen-bond acceptors (Lipinski definition) is 4. The average molecular weight is 395 g/mol. The van der Waals surface area contributed by atoms with E-state index in [1.54, 1.807) is 23.1 Å². The number of halogens is 1. The molecule has 2 atom stereocenters. The van der Waals surface area contributed by atoms with Crippen LogP contribution >= 0.6 is 11.6 Å². The van der Waals surface area contributed by atoms with Crippen LogP contribution in [0.4, 0.5) is 5.69 Å². The van der Waals surface area contributed by atoms with Crippen molar-refractivity contribution in [2.45, 2.75) is 32.3 Å². The van der Waals surface area contributed by atoms with E-state index in [0.717, 1.165) is 0 Å². The van der Waals surface area contributed by atoms with Crippen LogP contribution in [-0.2, 0) is 14.3 Å². The van der Waals surface area contributed by atoms with E-state index in [1.807, 2.05) is 0 Å².